The Morgan fingerprint density at radius 1 is 1.40 bits per heavy atom. The van der Waals surface area contributed by atoms with Crippen molar-refractivity contribution < 1.29 is 8.42 Å². The van der Waals surface area contributed by atoms with Crippen molar-refractivity contribution in [3.05, 3.63) is 29.8 Å². The average molecular weight is 295 g/mol. The second kappa shape index (κ2) is 5.93. The van der Waals surface area contributed by atoms with Gasteiger partial charge in [-0.1, -0.05) is 25.5 Å². The maximum atomic E-state index is 12.6. The zero-order valence-electron chi connectivity index (χ0n) is 11.7. The number of hydrogen-bond acceptors (Lipinski definition) is 3. The van der Waals surface area contributed by atoms with Crippen LogP contribution in [-0.4, -0.2) is 31.1 Å². The van der Waals surface area contributed by atoms with Crippen LogP contribution in [0.25, 0.3) is 0 Å². The number of nitrogens with one attached hydrogen (secondary N) is 1. The highest BCUT2D eigenvalue weighted by Crippen LogP contribution is 2.26. The van der Waals surface area contributed by atoms with Crippen LogP contribution in [0.3, 0.4) is 0 Å². The first-order valence-corrected chi connectivity index (χ1v) is 8.35. The van der Waals surface area contributed by atoms with Gasteiger partial charge in [-0.2, -0.15) is 4.31 Å². The number of amidine groups is 1. The number of sulfonamides is 1. The van der Waals surface area contributed by atoms with Gasteiger partial charge >= 0.3 is 0 Å². The lowest BCUT2D eigenvalue weighted by atomic mass is 10.1. The molecule has 20 heavy (non-hydrogen) atoms. The van der Waals surface area contributed by atoms with E-state index in [1.807, 2.05) is 12.1 Å². The highest BCUT2D eigenvalue weighted by atomic mass is 32.2. The van der Waals surface area contributed by atoms with Gasteiger partial charge in [0.1, 0.15) is 5.84 Å². The molecular weight excluding hydrogens is 274 g/mol. The van der Waals surface area contributed by atoms with E-state index in [4.69, 9.17) is 11.1 Å². The van der Waals surface area contributed by atoms with Crippen LogP contribution in [0.2, 0.25) is 0 Å². The predicted octanol–water partition coefficient (Wildman–Crippen LogP) is 1.73. The second-order valence-electron chi connectivity index (χ2n) is 5.12. The van der Waals surface area contributed by atoms with Crippen LogP contribution in [0.4, 0.5) is 0 Å². The molecule has 2 rings (SSSR count). The molecule has 0 aliphatic carbocycles. The van der Waals surface area contributed by atoms with Gasteiger partial charge in [0.2, 0.25) is 10.0 Å². The van der Waals surface area contributed by atoms with Gasteiger partial charge in [-0.05, 0) is 37.0 Å². The Labute approximate surface area is 120 Å². The van der Waals surface area contributed by atoms with Crippen LogP contribution in [0.1, 0.15) is 31.7 Å². The number of nitrogens with two attached hydrogens (primary N) is 1. The van der Waals surface area contributed by atoms with E-state index in [2.05, 4.69) is 6.92 Å². The third-order valence-electron chi connectivity index (χ3n) is 3.63. The lowest BCUT2D eigenvalue weighted by molar-refractivity contribution is 0.443. The van der Waals surface area contributed by atoms with E-state index in [-0.39, 0.29) is 10.7 Å². The van der Waals surface area contributed by atoms with Gasteiger partial charge in [-0.25, -0.2) is 8.42 Å². The van der Waals surface area contributed by atoms with Crippen molar-refractivity contribution in [2.75, 3.05) is 6.54 Å². The summed E-state index contributed by atoms with van der Waals surface area (Å²) < 4.78 is 26.5. The SMILES string of the molecule is CCCc1ccc(S(=O)(=O)N2CCCC2C(=N)N)cc1. The molecule has 1 aromatic rings. The number of rotatable bonds is 5. The Morgan fingerprint density at radius 2 is 2.05 bits per heavy atom. The quantitative estimate of drug-likeness (QED) is 0.640. The molecule has 5 nitrogen and oxygen atoms in total. The average Bonchev–Trinajstić information content (AvgIpc) is 2.90. The first-order chi connectivity index (χ1) is 9.46. The van der Waals surface area contributed by atoms with Crippen molar-refractivity contribution in [3.8, 4) is 0 Å². The molecule has 6 heteroatoms. The topological polar surface area (TPSA) is 87.2 Å². The van der Waals surface area contributed by atoms with E-state index in [1.54, 1.807) is 12.1 Å². The molecule has 1 fully saturated rings. The largest absolute Gasteiger partial charge is 0.386 e. The van der Waals surface area contributed by atoms with Gasteiger partial charge in [-0.3, -0.25) is 5.41 Å². The molecule has 1 aliphatic heterocycles. The van der Waals surface area contributed by atoms with E-state index in [9.17, 15) is 8.42 Å². The van der Waals surface area contributed by atoms with E-state index in [0.717, 1.165) is 24.8 Å². The minimum Gasteiger partial charge on any atom is -0.386 e. The van der Waals surface area contributed by atoms with Crippen LogP contribution in [-0.2, 0) is 16.4 Å². The van der Waals surface area contributed by atoms with Gasteiger partial charge in [0, 0.05) is 6.54 Å². The number of aryl methyl sites for hydroxylation is 1. The van der Waals surface area contributed by atoms with Crippen molar-refractivity contribution in [2.24, 2.45) is 5.73 Å². The van der Waals surface area contributed by atoms with E-state index >= 15 is 0 Å². The molecule has 0 spiro atoms. The highest BCUT2D eigenvalue weighted by molar-refractivity contribution is 7.89. The van der Waals surface area contributed by atoms with Crippen LogP contribution < -0.4 is 5.73 Å². The fourth-order valence-electron chi connectivity index (χ4n) is 2.59. The summed E-state index contributed by atoms with van der Waals surface area (Å²) in [5.74, 6) is -0.0753. The van der Waals surface area contributed by atoms with Crippen LogP contribution in [0.15, 0.2) is 29.2 Å². The summed E-state index contributed by atoms with van der Waals surface area (Å²) in [5, 5.41) is 7.53. The summed E-state index contributed by atoms with van der Waals surface area (Å²) in [6.45, 7) is 2.52. The van der Waals surface area contributed by atoms with Gasteiger partial charge in [0.05, 0.1) is 10.9 Å². The summed E-state index contributed by atoms with van der Waals surface area (Å²) in [7, 11) is -3.55. The Balaban J connectivity index is 2.27. The van der Waals surface area contributed by atoms with Gasteiger partial charge < -0.3 is 5.73 Å². The Hall–Kier alpha value is -1.40. The smallest absolute Gasteiger partial charge is 0.243 e. The second-order valence-corrected chi connectivity index (χ2v) is 7.01. The molecule has 0 aromatic heterocycles. The third kappa shape index (κ3) is 2.86. The lowest BCUT2D eigenvalue weighted by Crippen LogP contribution is -2.43. The van der Waals surface area contributed by atoms with Gasteiger partial charge in [0.25, 0.3) is 0 Å². The predicted molar refractivity (Wildman–Crippen MR) is 79.3 cm³/mol. The zero-order valence-corrected chi connectivity index (χ0v) is 12.5. The molecule has 110 valence electrons. The molecule has 1 aromatic carbocycles. The normalized spacial score (nSPS) is 20.1. The van der Waals surface area contributed by atoms with Crippen LogP contribution in [0.5, 0.6) is 0 Å². The Morgan fingerprint density at radius 3 is 2.60 bits per heavy atom. The maximum Gasteiger partial charge on any atom is 0.243 e. The third-order valence-corrected chi connectivity index (χ3v) is 5.55. The maximum absolute atomic E-state index is 12.6. The number of nitrogens with zero attached hydrogens (tertiary/aromatic N) is 1. The molecule has 1 saturated heterocycles. The first kappa shape index (κ1) is 15.0. The molecule has 1 aliphatic rings. The van der Waals surface area contributed by atoms with Gasteiger partial charge in [-0.15, -0.1) is 0 Å². The summed E-state index contributed by atoms with van der Waals surface area (Å²) in [6.07, 6.45) is 3.35. The zero-order chi connectivity index (χ0) is 14.8. The fraction of sp³-hybridized carbons (Fsp3) is 0.500. The van der Waals surface area contributed by atoms with Crippen LogP contribution in [0, 0.1) is 5.41 Å². The molecule has 1 heterocycles. The molecule has 1 unspecified atom stereocenters. The summed E-state index contributed by atoms with van der Waals surface area (Å²) >= 11 is 0. The van der Waals surface area contributed by atoms with Crippen molar-refractivity contribution in [1.82, 2.24) is 4.31 Å². The lowest BCUT2D eigenvalue weighted by Gasteiger charge is -2.23. The monoisotopic (exact) mass is 295 g/mol. The molecule has 3 N–H and O–H groups in total. The molecule has 0 amide bonds. The molecular formula is C14H21N3O2S. The molecule has 0 bridgehead atoms. The van der Waals surface area contributed by atoms with Gasteiger partial charge in [0.15, 0.2) is 0 Å². The minimum atomic E-state index is -3.55. The summed E-state index contributed by atoms with van der Waals surface area (Å²) in [5.41, 5.74) is 6.64. The van der Waals surface area contributed by atoms with E-state index < -0.39 is 16.1 Å². The van der Waals surface area contributed by atoms with Crippen molar-refractivity contribution in [3.63, 3.8) is 0 Å². The molecule has 0 radical (unpaired) electrons. The number of hydrogen-bond donors (Lipinski definition) is 2. The van der Waals surface area contributed by atoms with Crippen molar-refractivity contribution >= 4 is 15.9 Å². The minimum absolute atomic E-state index is 0.0753. The van der Waals surface area contributed by atoms with Crippen molar-refractivity contribution in [1.29, 1.82) is 5.41 Å². The van der Waals surface area contributed by atoms with Crippen LogP contribution >= 0.6 is 0 Å². The Kier molecular flexibility index (Phi) is 4.45. The molecule has 1 atom stereocenters. The first-order valence-electron chi connectivity index (χ1n) is 6.91. The summed E-state index contributed by atoms with van der Waals surface area (Å²) in [4.78, 5) is 0.283. The number of benzene rings is 1. The Bertz CT molecular complexity index is 581. The fourth-order valence-corrected chi connectivity index (χ4v) is 4.27. The highest BCUT2D eigenvalue weighted by Gasteiger charge is 2.36. The van der Waals surface area contributed by atoms with E-state index in [1.165, 1.54) is 4.31 Å². The standard InChI is InChI=1S/C14H21N3O2S/c1-2-4-11-6-8-12(9-7-11)20(18,19)17-10-3-5-13(17)14(15)16/h6-9,13H,2-5,10H2,1H3,(H3,15,16). The van der Waals surface area contributed by atoms with E-state index in [0.29, 0.717) is 13.0 Å². The molecule has 0 saturated carbocycles. The van der Waals surface area contributed by atoms with Crippen molar-refractivity contribution in [2.45, 2.75) is 43.5 Å². The summed E-state index contributed by atoms with van der Waals surface area (Å²) in [6, 6.07) is 6.52.